The second kappa shape index (κ2) is 7.34. The molecule has 162 valence electrons. The molecule has 1 saturated carbocycles. The number of morpholine rings is 1. The fraction of sp³-hybridized carbons (Fsp3) is 0.333. The standard InChI is InChI=1S/C24H22FN5O2/c25-20-14-26-6-3-18(20)17-12-27-23(28-13-17)30-15-24(4-5-24)19-2-1-16(11-21(19)30)22(31)29-7-9-32-10-8-29/h1-3,6,11-14H,4-5,7-10,15H2. The zero-order valence-corrected chi connectivity index (χ0v) is 17.5. The van der Waals surface area contributed by atoms with Crippen molar-refractivity contribution in [2.75, 3.05) is 37.7 Å². The van der Waals surface area contributed by atoms with E-state index in [1.165, 1.54) is 11.8 Å². The van der Waals surface area contributed by atoms with E-state index in [2.05, 4.69) is 25.9 Å². The molecule has 1 aliphatic carbocycles. The van der Waals surface area contributed by atoms with Gasteiger partial charge in [0.2, 0.25) is 5.95 Å². The molecule has 0 radical (unpaired) electrons. The van der Waals surface area contributed by atoms with Gasteiger partial charge in [0.05, 0.1) is 19.4 Å². The van der Waals surface area contributed by atoms with E-state index in [0.29, 0.717) is 48.9 Å². The highest BCUT2D eigenvalue weighted by atomic mass is 19.1. The number of carbonyl (C=O) groups is 1. The monoisotopic (exact) mass is 431 g/mol. The fourth-order valence-corrected chi connectivity index (χ4v) is 4.72. The van der Waals surface area contributed by atoms with Crippen molar-refractivity contribution in [3.63, 3.8) is 0 Å². The van der Waals surface area contributed by atoms with Gasteiger partial charge in [0.1, 0.15) is 5.82 Å². The normalized spacial score (nSPS) is 18.7. The van der Waals surface area contributed by atoms with Gasteiger partial charge in [-0.1, -0.05) is 6.07 Å². The molecule has 3 aromatic rings. The van der Waals surface area contributed by atoms with Crippen LogP contribution < -0.4 is 4.90 Å². The van der Waals surface area contributed by atoms with Crippen molar-refractivity contribution < 1.29 is 13.9 Å². The minimum absolute atomic E-state index is 0.0252. The summed E-state index contributed by atoms with van der Waals surface area (Å²) in [6, 6.07) is 7.62. The van der Waals surface area contributed by atoms with Gasteiger partial charge in [-0.25, -0.2) is 14.4 Å². The Labute approximate surface area is 184 Å². The van der Waals surface area contributed by atoms with Crippen molar-refractivity contribution in [3.8, 4) is 11.1 Å². The minimum Gasteiger partial charge on any atom is -0.378 e. The second-order valence-corrected chi connectivity index (χ2v) is 8.63. The molecular weight excluding hydrogens is 409 g/mol. The summed E-state index contributed by atoms with van der Waals surface area (Å²) in [7, 11) is 0. The van der Waals surface area contributed by atoms with Crippen molar-refractivity contribution in [2.24, 2.45) is 0 Å². The Hall–Kier alpha value is -3.39. The molecule has 2 fully saturated rings. The maximum absolute atomic E-state index is 14.1. The Morgan fingerprint density at radius 3 is 2.56 bits per heavy atom. The summed E-state index contributed by atoms with van der Waals surface area (Å²) in [6.07, 6.45) is 8.25. The molecule has 0 unspecified atom stereocenters. The molecule has 2 aliphatic heterocycles. The van der Waals surface area contributed by atoms with Gasteiger partial charge in [0.15, 0.2) is 0 Å². The number of amides is 1. The number of pyridine rings is 1. The Kier molecular flexibility index (Phi) is 4.43. The van der Waals surface area contributed by atoms with Crippen molar-refractivity contribution >= 4 is 17.5 Å². The molecule has 1 amide bonds. The molecule has 4 heterocycles. The predicted molar refractivity (Wildman–Crippen MR) is 116 cm³/mol. The van der Waals surface area contributed by atoms with E-state index >= 15 is 0 Å². The smallest absolute Gasteiger partial charge is 0.254 e. The van der Waals surface area contributed by atoms with Crippen LogP contribution in [0.2, 0.25) is 0 Å². The number of hydrogen-bond donors (Lipinski definition) is 0. The molecule has 2 aromatic heterocycles. The maximum atomic E-state index is 14.1. The summed E-state index contributed by atoms with van der Waals surface area (Å²) >= 11 is 0. The molecule has 1 saturated heterocycles. The van der Waals surface area contributed by atoms with Crippen LogP contribution in [-0.2, 0) is 10.2 Å². The van der Waals surface area contributed by atoms with Crippen molar-refractivity contribution in [1.29, 1.82) is 0 Å². The Balaban J connectivity index is 1.33. The van der Waals surface area contributed by atoms with Gasteiger partial charge in [-0.3, -0.25) is 9.78 Å². The van der Waals surface area contributed by atoms with E-state index in [9.17, 15) is 9.18 Å². The molecule has 32 heavy (non-hydrogen) atoms. The summed E-state index contributed by atoms with van der Waals surface area (Å²) in [4.78, 5) is 29.9. The molecule has 8 heteroatoms. The first kappa shape index (κ1) is 19.3. The Morgan fingerprint density at radius 1 is 1.06 bits per heavy atom. The first-order chi connectivity index (χ1) is 15.6. The van der Waals surface area contributed by atoms with E-state index in [0.717, 1.165) is 25.1 Å². The van der Waals surface area contributed by atoms with Gasteiger partial charge >= 0.3 is 0 Å². The van der Waals surface area contributed by atoms with Gasteiger partial charge in [0.25, 0.3) is 5.91 Å². The fourth-order valence-electron chi connectivity index (χ4n) is 4.72. The molecule has 0 N–H and O–H groups in total. The summed E-state index contributed by atoms with van der Waals surface area (Å²) in [5, 5.41) is 0. The van der Waals surface area contributed by atoms with Crippen LogP contribution in [-0.4, -0.2) is 58.6 Å². The first-order valence-corrected chi connectivity index (χ1v) is 10.9. The lowest BCUT2D eigenvalue weighted by molar-refractivity contribution is 0.0303. The van der Waals surface area contributed by atoms with Crippen LogP contribution >= 0.6 is 0 Å². The number of rotatable bonds is 3. The number of fused-ring (bicyclic) bond motifs is 2. The SMILES string of the molecule is O=C(c1ccc2c(c1)N(c1ncc(-c3ccncc3F)cn1)CC21CC1)N1CCOCC1. The van der Waals surface area contributed by atoms with Crippen molar-refractivity contribution in [1.82, 2.24) is 19.9 Å². The molecule has 6 rings (SSSR count). The third kappa shape index (κ3) is 3.14. The highest BCUT2D eigenvalue weighted by Crippen LogP contribution is 2.57. The first-order valence-electron chi connectivity index (χ1n) is 10.9. The summed E-state index contributed by atoms with van der Waals surface area (Å²) in [6.45, 7) is 3.16. The largest absolute Gasteiger partial charge is 0.378 e. The number of benzene rings is 1. The molecular formula is C24H22FN5O2. The van der Waals surface area contributed by atoms with Crippen LogP contribution in [0.1, 0.15) is 28.8 Å². The molecule has 1 spiro atoms. The lowest BCUT2D eigenvalue weighted by Gasteiger charge is -2.27. The number of nitrogens with zero attached hydrogens (tertiary/aromatic N) is 5. The zero-order valence-electron chi connectivity index (χ0n) is 17.5. The quantitative estimate of drug-likeness (QED) is 0.634. The Morgan fingerprint density at radius 2 is 1.84 bits per heavy atom. The summed E-state index contributed by atoms with van der Waals surface area (Å²) in [5.41, 5.74) is 4.06. The maximum Gasteiger partial charge on any atom is 0.254 e. The molecule has 7 nitrogen and oxygen atoms in total. The van der Waals surface area contributed by atoms with Crippen LogP contribution in [0.15, 0.2) is 49.1 Å². The lowest BCUT2D eigenvalue weighted by Crippen LogP contribution is -2.40. The van der Waals surface area contributed by atoms with Gasteiger partial charge in [-0.15, -0.1) is 0 Å². The van der Waals surface area contributed by atoms with Crippen LogP contribution in [0.5, 0.6) is 0 Å². The van der Waals surface area contributed by atoms with Crippen LogP contribution in [0.3, 0.4) is 0 Å². The average molecular weight is 431 g/mol. The molecule has 0 bridgehead atoms. The van der Waals surface area contributed by atoms with Crippen LogP contribution in [0, 0.1) is 5.82 Å². The number of anilines is 2. The summed E-state index contributed by atoms with van der Waals surface area (Å²) < 4.78 is 19.5. The zero-order chi connectivity index (χ0) is 21.7. The van der Waals surface area contributed by atoms with E-state index in [4.69, 9.17) is 4.74 Å². The third-order valence-corrected chi connectivity index (χ3v) is 6.68. The van der Waals surface area contributed by atoms with E-state index in [1.54, 1.807) is 24.7 Å². The third-order valence-electron chi connectivity index (χ3n) is 6.68. The number of ether oxygens (including phenoxy) is 1. The van der Waals surface area contributed by atoms with Gasteiger partial charge < -0.3 is 14.5 Å². The van der Waals surface area contributed by atoms with Gasteiger partial charge in [0, 0.05) is 66.0 Å². The van der Waals surface area contributed by atoms with Gasteiger partial charge in [-0.2, -0.15) is 0 Å². The molecule has 0 atom stereocenters. The van der Waals surface area contributed by atoms with Crippen LogP contribution in [0.4, 0.5) is 16.0 Å². The predicted octanol–water partition coefficient (Wildman–Crippen LogP) is 3.33. The molecule has 1 aromatic carbocycles. The number of hydrogen-bond acceptors (Lipinski definition) is 6. The Bertz CT molecular complexity index is 1190. The number of aromatic nitrogens is 3. The highest BCUT2D eigenvalue weighted by molar-refractivity contribution is 5.96. The van der Waals surface area contributed by atoms with Crippen LogP contribution in [0.25, 0.3) is 11.1 Å². The minimum atomic E-state index is -0.404. The van der Waals surface area contributed by atoms with Crippen molar-refractivity contribution in [2.45, 2.75) is 18.3 Å². The molecule has 3 aliphatic rings. The number of halogens is 1. The van der Waals surface area contributed by atoms with Gasteiger partial charge in [-0.05, 0) is 36.6 Å². The average Bonchev–Trinajstić information content (AvgIpc) is 3.56. The number of carbonyl (C=O) groups excluding carboxylic acids is 1. The van der Waals surface area contributed by atoms with E-state index in [1.807, 2.05) is 17.0 Å². The second-order valence-electron chi connectivity index (χ2n) is 8.63. The summed E-state index contributed by atoms with van der Waals surface area (Å²) in [5.74, 6) is 0.181. The highest BCUT2D eigenvalue weighted by Gasteiger charge is 2.52. The topological polar surface area (TPSA) is 71.5 Å². The van der Waals surface area contributed by atoms with Crippen molar-refractivity contribution in [3.05, 3.63) is 66.0 Å². The lowest BCUT2D eigenvalue weighted by atomic mass is 9.97. The van der Waals surface area contributed by atoms with E-state index in [-0.39, 0.29) is 11.3 Å². The van der Waals surface area contributed by atoms with E-state index < -0.39 is 5.82 Å².